The van der Waals surface area contributed by atoms with Gasteiger partial charge in [0.05, 0.1) is 6.04 Å². The highest BCUT2D eigenvalue weighted by Crippen LogP contribution is 2.19. The third-order valence-corrected chi connectivity index (χ3v) is 4.31. The molecule has 1 aromatic carbocycles. The molecule has 6 nitrogen and oxygen atoms in total. The Bertz CT molecular complexity index is 670. The summed E-state index contributed by atoms with van der Waals surface area (Å²) in [7, 11) is 0. The molecular formula is C19H23N3O3. The van der Waals surface area contributed by atoms with Gasteiger partial charge in [-0.2, -0.15) is 0 Å². The van der Waals surface area contributed by atoms with Gasteiger partial charge < -0.3 is 20.5 Å². The van der Waals surface area contributed by atoms with Crippen LogP contribution in [0.2, 0.25) is 0 Å². The third-order valence-electron chi connectivity index (χ3n) is 4.31. The molecule has 1 aliphatic rings. The van der Waals surface area contributed by atoms with Gasteiger partial charge in [0.1, 0.15) is 5.75 Å². The first-order valence-electron chi connectivity index (χ1n) is 8.51. The topological polar surface area (TPSA) is 86.5 Å². The van der Waals surface area contributed by atoms with Gasteiger partial charge in [0, 0.05) is 32.0 Å². The summed E-state index contributed by atoms with van der Waals surface area (Å²) in [6.45, 7) is 1.76. The summed E-state index contributed by atoms with van der Waals surface area (Å²) >= 11 is 0. The monoisotopic (exact) mass is 341 g/mol. The number of nitrogens with two attached hydrogens (primary N) is 1. The van der Waals surface area contributed by atoms with Crippen molar-refractivity contribution in [3.05, 3.63) is 54.2 Å². The average molecular weight is 341 g/mol. The second-order valence-electron chi connectivity index (χ2n) is 6.11. The van der Waals surface area contributed by atoms with Crippen LogP contribution in [-0.2, 0) is 16.1 Å². The highest BCUT2D eigenvalue weighted by Gasteiger charge is 2.26. The smallest absolute Gasteiger partial charge is 0.237 e. The summed E-state index contributed by atoms with van der Waals surface area (Å²) in [5.41, 5.74) is 6.96. The van der Waals surface area contributed by atoms with E-state index in [0.29, 0.717) is 25.6 Å². The number of carbonyl (C=O) groups excluding carboxylic acids is 1. The molecule has 1 atom stereocenters. The predicted molar refractivity (Wildman–Crippen MR) is 94.1 cm³/mol. The third kappa shape index (κ3) is 5.01. The molecule has 3 N–H and O–H groups in total. The van der Waals surface area contributed by atoms with Crippen molar-refractivity contribution in [1.29, 1.82) is 0 Å². The van der Waals surface area contributed by atoms with Gasteiger partial charge in [-0.1, -0.05) is 24.3 Å². The number of benzene rings is 1. The van der Waals surface area contributed by atoms with E-state index in [1.165, 1.54) is 0 Å². The minimum Gasteiger partial charge on any atom is -0.439 e. The quantitative estimate of drug-likeness (QED) is 0.841. The SMILES string of the molecule is NC(C(=O)NCc1ccc(Oc2ccccc2)nc1)C1CCOCC1. The Morgan fingerprint density at radius 1 is 1.24 bits per heavy atom. The lowest BCUT2D eigenvalue weighted by Gasteiger charge is -2.26. The van der Waals surface area contributed by atoms with Crippen molar-refractivity contribution in [2.45, 2.75) is 25.4 Å². The fraction of sp³-hybridized carbons (Fsp3) is 0.368. The Labute approximate surface area is 147 Å². The molecule has 0 bridgehead atoms. The van der Waals surface area contributed by atoms with Gasteiger partial charge >= 0.3 is 0 Å². The van der Waals surface area contributed by atoms with Gasteiger partial charge in [-0.05, 0) is 36.5 Å². The predicted octanol–water partition coefficient (Wildman–Crippen LogP) is 2.24. The molecule has 6 heteroatoms. The van der Waals surface area contributed by atoms with Crippen molar-refractivity contribution in [3.63, 3.8) is 0 Å². The number of nitrogens with one attached hydrogen (secondary N) is 1. The second-order valence-corrected chi connectivity index (χ2v) is 6.11. The van der Waals surface area contributed by atoms with Crippen molar-refractivity contribution in [3.8, 4) is 11.6 Å². The summed E-state index contributed by atoms with van der Waals surface area (Å²) in [4.78, 5) is 16.5. The van der Waals surface area contributed by atoms with E-state index in [-0.39, 0.29) is 11.8 Å². The van der Waals surface area contributed by atoms with Crippen molar-refractivity contribution in [2.24, 2.45) is 11.7 Å². The first kappa shape index (κ1) is 17.4. The number of hydrogen-bond donors (Lipinski definition) is 2. The first-order chi connectivity index (χ1) is 12.2. The summed E-state index contributed by atoms with van der Waals surface area (Å²) in [5.74, 6) is 1.31. The van der Waals surface area contributed by atoms with Gasteiger partial charge in [-0.15, -0.1) is 0 Å². The number of nitrogens with zero attached hydrogens (tertiary/aromatic N) is 1. The highest BCUT2D eigenvalue weighted by atomic mass is 16.5. The standard InChI is InChI=1S/C19H23N3O3/c20-18(15-8-10-24-11-9-15)19(23)22-13-14-6-7-17(21-12-14)25-16-4-2-1-3-5-16/h1-7,12,15,18H,8-11,13,20H2,(H,22,23). The maximum absolute atomic E-state index is 12.2. The average Bonchev–Trinajstić information content (AvgIpc) is 2.68. The van der Waals surface area contributed by atoms with Crippen molar-refractivity contribution in [2.75, 3.05) is 13.2 Å². The molecule has 1 amide bonds. The molecule has 1 saturated heterocycles. The molecule has 0 radical (unpaired) electrons. The van der Waals surface area contributed by atoms with Crippen LogP contribution in [0.15, 0.2) is 48.7 Å². The number of para-hydroxylation sites is 1. The van der Waals surface area contributed by atoms with Gasteiger partial charge in [0.2, 0.25) is 11.8 Å². The molecule has 25 heavy (non-hydrogen) atoms. The molecule has 132 valence electrons. The lowest BCUT2D eigenvalue weighted by atomic mass is 9.92. The molecular weight excluding hydrogens is 318 g/mol. The Kier molecular flexibility index (Phi) is 5.98. The lowest BCUT2D eigenvalue weighted by Crippen LogP contribution is -2.46. The van der Waals surface area contributed by atoms with Crippen LogP contribution in [0, 0.1) is 5.92 Å². The number of amides is 1. The number of carbonyl (C=O) groups is 1. The van der Waals surface area contributed by atoms with Crippen LogP contribution >= 0.6 is 0 Å². The van der Waals surface area contributed by atoms with Crippen LogP contribution in [0.5, 0.6) is 11.6 Å². The molecule has 0 saturated carbocycles. The number of pyridine rings is 1. The molecule has 2 heterocycles. The first-order valence-corrected chi connectivity index (χ1v) is 8.51. The van der Waals surface area contributed by atoms with E-state index in [4.69, 9.17) is 15.2 Å². The van der Waals surface area contributed by atoms with Crippen LogP contribution in [0.4, 0.5) is 0 Å². The van der Waals surface area contributed by atoms with E-state index in [1.807, 2.05) is 36.4 Å². The Morgan fingerprint density at radius 2 is 2.00 bits per heavy atom. The Balaban J connectivity index is 1.48. The van der Waals surface area contributed by atoms with Crippen molar-refractivity contribution in [1.82, 2.24) is 10.3 Å². The normalized spacial score (nSPS) is 16.2. The summed E-state index contributed by atoms with van der Waals surface area (Å²) in [6, 6.07) is 12.6. The minimum atomic E-state index is -0.488. The Morgan fingerprint density at radius 3 is 2.68 bits per heavy atom. The van der Waals surface area contributed by atoms with E-state index < -0.39 is 6.04 Å². The van der Waals surface area contributed by atoms with Crippen LogP contribution in [0.25, 0.3) is 0 Å². The van der Waals surface area contributed by atoms with Crippen LogP contribution in [0.1, 0.15) is 18.4 Å². The zero-order chi connectivity index (χ0) is 17.5. The largest absolute Gasteiger partial charge is 0.439 e. The molecule has 0 aliphatic carbocycles. The number of ether oxygens (including phenoxy) is 2. The maximum Gasteiger partial charge on any atom is 0.237 e. The van der Waals surface area contributed by atoms with E-state index in [0.717, 1.165) is 24.2 Å². The fourth-order valence-electron chi connectivity index (χ4n) is 2.78. The second kappa shape index (κ2) is 8.60. The zero-order valence-corrected chi connectivity index (χ0v) is 14.1. The van der Waals surface area contributed by atoms with Gasteiger partial charge in [0.15, 0.2) is 0 Å². The van der Waals surface area contributed by atoms with Crippen LogP contribution < -0.4 is 15.8 Å². The summed E-state index contributed by atoms with van der Waals surface area (Å²) in [6.07, 6.45) is 3.36. The number of aromatic nitrogens is 1. The van der Waals surface area contributed by atoms with Crippen molar-refractivity contribution >= 4 is 5.91 Å². The highest BCUT2D eigenvalue weighted by molar-refractivity contribution is 5.81. The minimum absolute atomic E-state index is 0.128. The molecule has 3 rings (SSSR count). The molecule has 2 aromatic rings. The zero-order valence-electron chi connectivity index (χ0n) is 14.1. The lowest BCUT2D eigenvalue weighted by molar-refractivity contribution is -0.124. The maximum atomic E-state index is 12.2. The molecule has 0 spiro atoms. The summed E-state index contributed by atoms with van der Waals surface area (Å²) < 4.78 is 11.0. The number of rotatable bonds is 6. The summed E-state index contributed by atoms with van der Waals surface area (Å²) in [5, 5.41) is 2.88. The molecule has 1 unspecified atom stereocenters. The molecule has 1 fully saturated rings. The van der Waals surface area contributed by atoms with Gasteiger partial charge in [-0.25, -0.2) is 4.98 Å². The Hall–Kier alpha value is -2.44. The fourth-order valence-corrected chi connectivity index (χ4v) is 2.78. The van der Waals surface area contributed by atoms with E-state index in [9.17, 15) is 4.79 Å². The van der Waals surface area contributed by atoms with Gasteiger partial charge in [0.25, 0.3) is 0 Å². The van der Waals surface area contributed by atoms with E-state index in [2.05, 4.69) is 10.3 Å². The van der Waals surface area contributed by atoms with E-state index in [1.54, 1.807) is 12.3 Å². The van der Waals surface area contributed by atoms with Crippen LogP contribution in [-0.4, -0.2) is 30.1 Å². The van der Waals surface area contributed by atoms with Gasteiger partial charge in [-0.3, -0.25) is 4.79 Å². The van der Waals surface area contributed by atoms with Crippen molar-refractivity contribution < 1.29 is 14.3 Å². The molecule has 1 aromatic heterocycles. The van der Waals surface area contributed by atoms with E-state index >= 15 is 0 Å². The molecule has 1 aliphatic heterocycles. The van der Waals surface area contributed by atoms with Crippen LogP contribution in [0.3, 0.4) is 0 Å². The number of hydrogen-bond acceptors (Lipinski definition) is 5.